The Balaban J connectivity index is 3.12. The van der Waals surface area contributed by atoms with Gasteiger partial charge in [-0.05, 0) is 12.8 Å². The van der Waals surface area contributed by atoms with Crippen molar-refractivity contribution >= 4 is 15.2 Å². The standard InChI is InChI=1S/C14H32O6P2/c15-21(16,17)13-11-9-7-5-3-1-2-4-6-8-10-12-14-22(18,19)20/h1-14H2,(H2,15,16,17)(H2,18,19,20). The zero-order chi connectivity index (χ0) is 16.9. The van der Waals surface area contributed by atoms with Crippen LogP contribution < -0.4 is 0 Å². The maximum atomic E-state index is 10.6. The molecule has 8 heteroatoms. The van der Waals surface area contributed by atoms with E-state index < -0.39 is 15.2 Å². The molecule has 0 rings (SSSR count). The lowest BCUT2D eigenvalue weighted by molar-refractivity contribution is 0.368. The maximum Gasteiger partial charge on any atom is 0.325 e. The third-order valence-electron chi connectivity index (χ3n) is 3.65. The second-order valence-corrected chi connectivity index (χ2v) is 9.57. The van der Waals surface area contributed by atoms with Gasteiger partial charge in [0.25, 0.3) is 0 Å². The molecule has 0 fully saturated rings. The molecule has 0 saturated carbocycles. The van der Waals surface area contributed by atoms with Gasteiger partial charge in [-0.15, -0.1) is 0 Å². The van der Waals surface area contributed by atoms with Crippen molar-refractivity contribution in [3.63, 3.8) is 0 Å². The Hall–Kier alpha value is 0.300. The van der Waals surface area contributed by atoms with Crippen LogP contribution in [0.3, 0.4) is 0 Å². The molecule has 0 aromatic heterocycles. The molecule has 0 radical (unpaired) electrons. The smallest absolute Gasteiger partial charge is 0.324 e. The van der Waals surface area contributed by atoms with Gasteiger partial charge in [-0.3, -0.25) is 9.13 Å². The largest absolute Gasteiger partial charge is 0.325 e. The van der Waals surface area contributed by atoms with Crippen molar-refractivity contribution in [1.29, 1.82) is 0 Å². The average molecular weight is 358 g/mol. The van der Waals surface area contributed by atoms with Gasteiger partial charge < -0.3 is 19.6 Å². The van der Waals surface area contributed by atoms with Crippen LogP contribution in [-0.2, 0) is 9.13 Å². The first-order valence-electron chi connectivity index (χ1n) is 8.30. The topological polar surface area (TPSA) is 115 Å². The van der Waals surface area contributed by atoms with Crippen LogP contribution in [0, 0.1) is 0 Å². The van der Waals surface area contributed by atoms with Crippen molar-refractivity contribution in [3.8, 4) is 0 Å². The van der Waals surface area contributed by atoms with Crippen molar-refractivity contribution in [2.24, 2.45) is 0 Å². The van der Waals surface area contributed by atoms with Crippen molar-refractivity contribution in [3.05, 3.63) is 0 Å². The summed E-state index contributed by atoms with van der Waals surface area (Å²) in [6.07, 6.45) is 12.1. The van der Waals surface area contributed by atoms with Gasteiger partial charge in [0.2, 0.25) is 0 Å². The molecule has 0 heterocycles. The van der Waals surface area contributed by atoms with Crippen molar-refractivity contribution in [2.75, 3.05) is 12.3 Å². The van der Waals surface area contributed by atoms with Gasteiger partial charge in [0.1, 0.15) is 0 Å². The monoisotopic (exact) mass is 358 g/mol. The third kappa shape index (κ3) is 20.3. The van der Waals surface area contributed by atoms with Crippen LogP contribution in [0.2, 0.25) is 0 Å². The molecule has 0 atom stereocenters. The van der Waals surface area contributed by atoms with E-state index in [0.29, 0.717) is 12.8 Å². The lowest BCUT2D eigenvalue weighted by Crippen LogP contribution is -1.89. The molecule has 0 aliphatic carbocycles. The summed E-state index contributed by atoms with van der Waals surface area (Å²) in [4.78, 5) is 34.8. The fourth-order valence-electron chi connectivity index (χ4n) is 2.40. The van der Waals surface area contributed by atoms with Crippen molar-refractivity contribution in [1.82, 2.24) is 0 Å². The van der Waals surface area contributed by atoms with E-state index in [2.05, 4.69) is 0 Å². The van der Waals surface area contributed by atoms with Crippen LogP contribution in [0.15, 0.2) is 0 Å². The van der Waals surface area contributed by atoms with Crippen LogP contribution in [0.25, 0.3) is 0 Å². The molecule has 0 spiro atoms. The molecule has 0 unspecified atom stereocenters. The molecule has 134 valence electrons. The lowest BCUT2D eigenvalue weighted by Gasteiger charge is -2.05. The number of hydrogen-bond acceptors (Lipinski definition) is 2. The number of hydrogen-bond donors (Lipinski definition) is 4. The summed E-state index contributed by atoms with van der Waals surface area (Å²) in [5.41, 5.74) is 0. The Morgan fingerprint density at radius 2 is 0.591 bits per heavy atom. The average Bonchev–Trinajstić information content (AvgIpc) is 2.36. The fraction of sp³-hybridized carbons (Fsp3) is 1.00. The lowest BCUT2D eigenvalue weighted by atomic mass is 10.1. The molecule has 4 N–H and O–H groups in total. The minimum atomic E-state index is -3.80. The summed E-state index contributed by atoms with van der Waals surface area (Å²) < 4.78 is 21.3. The van der Waals surface area contributed by atoms with E-state index in [9.17, 15) is 9.13 Å². The van der Waals surface area contributed by atoms with Crippen molar-refractivity contribution in [2.45, 2.75) is 77.0 Å². The Labute approximate surface area is 134 Å². The molecule has 0 aromatic rings. The second-order valence-electron chi connectivity index (χ2n) is 6.02. The highest BCUT2D eigenvalue weighted by molar-refractivity contribution is 7.52. The summed E-state index contributed by atoms with van der Waals surface area (Å²) in [5, 5.41) is 0. The van der Waals surface area contributed by atoms with Gasteiger partial charge in [-0.25, -0.2) is 0 Å². The van der Waals surface area contributed by atoms with Gasteiger partial charge in [0, 0.05) is 12.3 Å². The van der Waals surface area contributed by atoms with Gasteiger partial charge in [-0.2, -0.15) is 0 Å². The highest BCUT2D eigenvalue weighted by Gasteiger charge is 2.11. The minimum Gasteiger partial charge on any atom is -0.324 e. The van der Waals surface area contributed by atoms with Crippen LogP contribution >= 0.6 is 15.2 Å². The third-order valence-corrected chi connectivity index (χ3v) is 5.45. The normalized spacial score (nSPS) is 12.7. The molecule has 0 aliphatic heterocycles. The van der Waals surface area contributed by atoms with Gasteiger partial charge in [-0.1, -0.05) is 64.2 Å². The Morgan fingerprint density at radius 3 is 0.773 bits per heavy atom. The fourth-order valence-corrected chi connectivity index (χ4v) is 3.67. The minimum absolute atomic E-state index is 0.00895. The first kappa shape index (κ1) is 22.3. The summed E-state index contributed by atoms with van der Waals surface area (Å²) in [5.74, 6) is 0. The van der Waals surface area contributed by atoms with E-state index in [1.165, 1.54) is 25.7 Å². The molecule has 0 saturated heterocycles. The van der Waals surface area contributed by atoms with Crippen LogP contribution in [-0.4, -0.2) is 31.9 Å². The number of unbranched alkanes of at least 4 members (excludes halogenated alkanes) is 11. The zero-order valence-corrected chi connectivity index (χ0v) is 15.2. The highest BCUT2D eigenvalue weighted by Crippen LogP contribution is 2.36. The SMILES string of the molecule is O=P(O)(O)CCCCCCCCCCCCCCP(=O)(O)O. The predicted octanol–water partition coefficient (Wildman–Crippen LogP) is 4.02. The molecule has 6 nitrogen and oxygen atoms in total. The van der Waals surface area contributed by atoms with E-state index in [1.807, 2.05) is 0 Å². The van der Waals surface area contributed by atoms with E-state index in [4.69, 9.17) is 19.6 Å². The Bertz CT molecular complexity index is 315. The summed E-state index contributed by atoms with van der Waals surface area (Å²) in [6, 6.07) is 0. The zero-order valence-electron chi connectivity index (χ0n) is 13.4. The first-order valence-corrected chi connectivity index (χ1v) is 11.9. The van der Waals surface area contributed by atoms with Gasteiger partial charge >= 0.3 is 15.2 Å². The predicted molar refractivity (Wildman–Crippen MR) is 89.2 cm³/mol. The van der Waals surface area contributed by atoms with Crippen molar-refractivity contribution < 1.29 is 28.7 Å². The molecule has 22 heavy (non-hydrogen) atoms. The van der Waals surface area contributed by atoms with Crippen LogP contribution in [0.4, 0.5) is 0 Å². The van der Waals surface area contributed by atoms with E-state index in [1.54, 1.807) is 0 Å². The summed E-state index contributed by atoms with van der Waals surface area (Å²) in [7, 11) is -7.60. The van der Waals surface area contributed by atoms with E-state index in [0.717, 1.165) is 38.5 Å². The summed E-state index contributed by atoms with van der Waals surface area (Å²) in [6.45, 7) is 0. The van der Waals surface area contributed by atoms with Gasteiger partial charge in [0.15, 0.2) is 0 Å². The van der Waals surface area contributed by atoms with Gasteiger partial charge in [0.05, 0.1) is 0 Å². The molecule has 0 amide bonds. The Morgan fingerprint density at radius 1 is 0.409 bits per heavy atom. The highest BCUT2D eigenvalue weighted by atomic mass is 31.2. The molecular weight excluding hydrogens is 326 g/mol. The van der Waals surface area contributed by atoms with Crippen LogP contribution in [0.5, 0.6) is 0 Å². The number of rotatable bonds is 15. The van der Waals surface area contributed by atoms with E-state index in [-0.39, 0.29) is 12.3 Å². The molecular formula is C14H32O6P2. The summed E-state index contributed by atoms with van der Waals surface area (Å²) >= 11 is 0. The first-order chi connectivity index (χ1) is 10.2. The second kappa shape index (κ2) is 12.7. The molecule has 0 aliphatic rings. The maximum absolute atomic E-state index is 10.6. The molecule has 0 aromatic carbocycles. The van der Waals surface area contributed by atoms with Crippen LogP contribution in [0.1, 0.15) is 77.0 Å². The quantitative estimate of drug-likeness (QED) is 0.260. The Kier molecular flexibility index (Phi) is 12.9. The molecule has 0 bridgehead atoms. The van der Waals surface area contributed by atoms with E-state index >= 15 is 0 Å².